The highest BCUT2D eigenvalue weighted by atomic mass is 19.1. The van der Waals surface area contributed by atoms with Gasteiger partial charge in [0.2, 0.25) is 5.95 Å². The van der Waals surface area contributed by atoms with E-state index in [4.69, 9.17) is 5.26 Å². The minimum absolute atomic E-state index is 0.266. The van der Waals surface area contributed by atoms with Crippen molar-refractivity contribution in [3.8, 4) is 6.07 Å². The van der Waals surface area contributed by atoms with Crippen molar-refractivity contribution in [3.63, 3.8) is 0 Å². The summed E-state index contributed by atoms with van der Waals surface area (Å²) in [7, 11) is 1.85. The summed E-state index contributed by atoms with van der Waals surface area (Å²) in [6.45, 7) is 2.52. The van der Waals surface area contributed by atoms with Crippen molar-refractivity contribution in [3.05, 3.63) is 71.2 Å². The van der Waals surface area contributed by atoms with E-state index in [9.17, 15) is 4.39 Å². The van der Waals surface area contributed by atoms with Crippen LogP contribution in [0.2, 0.25) is 0 Å². The van der Waals surface area contributed by atoms with Gasteiger partial charge in [-0.15, -0.1) is 0 Å². The molecule has 0 aliphatic heterocycles. The number of aromatic nitrogens is 4. The van der Waals surface area contributed by atoms with Crippen LogP contribution in [0.4, 0.5) is 21.8 Å². The third-order valence-electron chi connectivity index (χ3n) is 4.73. The van der Waals surface area contributed by atoms with Crippen LogP contribution < -0.4 is 10.6 Å². The number of benzene rings is 2. The van der Waals surface area contributed by atoms with E-state index in [1.807, 2.05) is 14.0 Å². The van der Waals surface area contributed by atoms with Crippen molar-refractivity contribution in [2.45, 2.75) is 19.9 Å². The number of fused-ring (bicyclic) bond motifs is 1. The van der Waals surface area contributed by atoms with Crippen molar-refractivity contribution in [2.24, 2.45) is 7.05 Å². The molecule has 0 spiro atoms. The Morgan fingerprint density at radius 2 is 1.80 bits per heavy atom. The van der Waals surface area contributed by atoms with Gasteiger partial charge in [-0.2, -0.15) is 20.3 Å². The van der Waals surface area contributed by atoms with Gasteiger partial charge in [0.15, 0.2) is 5.65 Å². The van der Waals surface area contributed by atoms with Gasteiger partial charge in [0.1, 0.15) is 11.6 Å². The topological polar surface area (TPSA) is 91.5 Å². The zero-order valence-electron chi connectivity index (χ0n) is 16.6. The number of nitriles is 1. The zero-order valence-corrected chi connectivity index (χ0v) is 16.6. The fourth-order valence-electron chi connectivity index (χ4n) is 3.20. The lowest BCUT2D eigenvalue weighted by Gasteiger charge is -2.11. The Bertz CT molecular complexity index is 1220. The second-order valence-electron chi connectivity index (χ2n) is 6.81. The maximum Gasteiger partial charge on any atom is 0.231 e. The molecule has 0 radical (unpaired) electrons. The molecule has 0 amide bonds. The molecule has 30 heavy (non-hydrogen) atoms. The zero-order chi connectivity index (χ0) is 21.1. The van der Waals surface area contributed by atoms with Crippen LogP contribution >= 0.6 is 0 Å². The molecule has 2 heterocycles. The number of hydrogen-bond acceptors (Lipinski definition) is 6. The summed E-state index contributed by atoms with van der Waals surface area (Å²) in [4.78, 5) is 9.30. The maximum atomic E-state index is 13.2. The summed E-state index contributed by atoms with van der Waals surface area (Å²) in [5, 5.41) is 20.9. The van der Waals surface area contributed by atoms with Gasteiger partial charge in [-0.1, -0.05) is 19.1 Å². The molecule has 0 saturated carbocycles. The molecule has 0 unspecified atom stereocenters. The summed E-state index contributed by atoms with van der Waals surface area (Å²) in [6.07, 6.45) is 0.744. The molecule has 150 valence electrons. The monoisotopic (exact) mass is 401 g/mol. The average Bonchev–Trinajstić information content (AvgIpc) is 3.09. The molecule has 0 aliphatic carbocycles. The fourth-order valence-corrected chi connectivity index (χ4v) is 3.20. The number of nitrogens with one attached hydrogen (secondary N) is 2. The lowest BCUT2D eigenvalue weighted by atomic mass is 10.2. The van der Waals surface area contributed by atoms with Crippen LogP contribution in [0.1, 0.15) is 23.7 Å². The first-order valence-electron chi connectivity index (χ1n) is 9.56. The van der Waals surface area contributed by atoms with Gasteiger partial charge in [0.05, 0.1) is 22.7 Å². The van der Waals surface area contributed by atoms with E-state index in [1.165, 1.54) is 12.1 Å². The third-order valence-corrected chi connectivity index (χ3v) is 4.73. The Balaban J connectivity index is 1.70. The number of aryl methyl sites for hydroxylation is 2. The van der Waals surface area contributed by atoms with Gasteiger partial charge in [0.25, 0.3) is 0 Å². The van der Waals surface area contributed by atoms with Crippen LogP contribution in [0.15, 0.2) is 48.5 Å². The highest BCUT2D eigenvalue weighted by molar-refractivity contribution is 5.90. The molecule has 2 N–H and O–H groups in total. The molecule has 2 aromatic carbocycles. The summed E-state index contributed by atoms with van der Waals surface area (Å²) < 4.78 is 14.9. The highest BCUT2D eigenvalue weighted by Crippen LogP contribution is 2.27. The van der Waals surface area contributed by atoms with E-state index < -0.39 is 0 Å². The van der Waals surface area contributed by atoms with E-state index in [1.54, 1.807) is 41.1 Å². The minimum Gasteiger partial charge on any atom is -0.365 e. The normalized spacial score (nSPS) is 10.7. The number of hydrogen-bond donors (Lipinski definition) is 2. The van der Waals surface area contributed by atoms with Crippen LogP contribution in [0.25, 0.3) is 11.0 Å². The molecule has 8 heteroatoms. The smallest absolute Gasteiger partial charge is 0.231 e. The quantitative estimate of drug-likeness (QED) is 0.501. The molecule has 7 nitrogen and oxygen atoms in total. The Hall–Kier alpha value is -3.99. The largest absolute Gasteiger partial charge is 0.365 e. The van der Waals surface area contributed by atoms with Crippen molar-refractivity contribution in [2.75, 3.05) is 10.6 Å². The van der Waals surface area contributed by atoms with Crippen molar-refractivity contribution < 1.29 is 4.39 Å². The predicted octanol–water partition coefficient (Wildman–Crippen LogP) is 4.29. The van der Waals surface area contributed by atoms with Crippen molar-refractivity contribution >= 4 is 28.5 Å². The summed E-state index contributed by atoms with van der Waals surface area (Å²) >= 11 is 0. The van der Waals surface area contributed by atoms with E-state index in [-0.39, 0.29) is 5.82 Å². The minimum atomic E-state index is -0.266. The summed E-state index contributed by atoms with van der Waals surface area (Å²) in [5.74, 6) is 0.808. The van der Waals surface area contributed by atoms with Crippen molar-refractivity contribution in [1.29, 1.82) is 5.26 Å². The molecular weight excluding hydrogens is 381 g/mol. The highest BCUT2D eigenvalue weighted by Gasteiger charge is 2.16. The first kappa shape index (κ1) is 19.3. The lowest BCUT2D eigenvalue weighted by Crippen LogP contribution is -2.06. The van der Waals surface area contributed by atoms with Crippen LogP contribution in [0, 0.1) is 17.1 Å². The molecule has 0 saturated heterocycles. The Morgan fingerprint density at radius 3 is 2.47 bits per heavy atom. The first-order valence-corrected chi connectivity index (χ1v) is 9.56. The van der Waals surface area contributed by atoms with Crippen LogP contribution in [0.3, 0.4) is 0 Å². The summed E-state index contributed by atoms with van der Waals surface area (Å²) in [6, 6.07) is 15.5. The molecule has 0 bridgehead atoms. The third kappa shape index (κ3) is 3.91. The Morgan fingerprint density at radius 1 is 1.07 bits per heavy atom. The molecule has 4 aromatic rings. The Labute approximate surface area is 173 Å². The van der Waals surface area contributed by atoms with E-state index in [2.05, 4.69) is 31.8 Å². The van der Waals surface area contributed by atoms with Gasteiger partial charge < -0.3 is 10.6 Å². The number of anilines is 3. The fraction of sp³-hybridized carbons (Fsp3) is 0.182. The Kier molecular flexibility index (Phi) is 5.26. The standard InChI is InChI=1S/C22H20FN7/c1-3-18-19-20(25-13-15-4-8-16(23)9-5-15)27-22(28-21(19)30(2)29-18)26-17-10-6-14(12-24)7-11-17/h4-11H,3,13H2,1-2H3,(H2,25,26,27,28). The van der Waals surface area contributed by atoms with Crippen molar-refractivity contribution in [1.82, 2.24) is 19.7 Å². The summed E-state index contributed by atoms with van der Waals surface area (Å²) in [5.41, 5.74) is 3.90. The molecule has 0 atom stereocenters. The van der Waals surface area contributed by atoms with Crippen LogP contribution in [-0.4, -0.2) is 19.7 Å². The molecule has 0 aliphatic rings. The number of halogens is 1. The average molecular weight is 401 g/mol. The SMILES string of the molecule is CCc1nn(C)c2nc(Nc3ccc(C#N)cc3)nc(NCc3ccc(F)cc3)c12. The molecular formula is C22H20FN7. The second-order valence-corrected chi connectivity index (χ2v) is 6.81. The second kappa shape index (κ2) is 8.17. The van der Waals surface area contributed by atoms with E-state index in [0.29, 0.717) is 29.5 Å². The molecule has 2 aromatic heterocycles. The van der Waals surface area contributed by atoms with Gasteiger partial charge >= 0.3 is 0 Å². The predicted molar refractivity (Wildman–Crippen MR) is 114 cm³/mol. The number of nitrogens with zero attached hydrogens (tertiary/aromatic N) is 5. The van der Waals surface area contributed by atoms with E-state index in [0.717, 1.165) is 28.8 Å². The van der Waals surface area contributed by atoms with Crippen LogP contribution in [-0.2, 0) is 20.0 Å². The van der Waals surface area contributed by atoms with Gasteiger partial charge in [0, 0.05) is 19.3 Å². The lowest BCUT2D eigenvalue weighted by molar-refractivity contribution is 0.627. The van der Waals surface area contributed by atoms with Crippen LogP contribution in [0.5, 0.6) is 0 Å². The van der Waals surface area contributed by atoms with Gasteiger partial charge in [-0.05, 0) is 48.4 Å². The number of rotatable bonds is 6. The van der Waals surface area contributed by atoms with E-state index >= 15 is 0 Å². The maximum absolute atomic E-state index is 13.2. The van der Waals surface area contributed by atoms with Gasteiger partial charge in [-0.25, -0.2) is 9.07 Å². The first-order chi connectivity index (χ1) is 14.6. The molecule has 0 fully saturated rings. The molecule has 4 rings (SSSR count). The van der Waals surface area contributed by atoms with Gasteiger partial charge in [-0.3, -0.25) is 0 Å².